The zero-order valence-corrected chi connectivity index (χ0v) is 19.5. The molecular weight excluding hydrogens is 395 g/mol. The summed E-state index contributed by atoms with van der Waals surface area (Å²) in [5, 5.41) is 4.57. The molecule has 0 aliphatic carbocycles. The molecule has 3 nitrogen and oxygen atoms in total. The van der Waals surface area contributed by atoms with Crippen molar-refractivity contribution < 1.29 is 14.4 Å². The Balaban J connectivity index is 0.000000646. The minimum atomic E-state index is -3.64. The predicted octanol–water partition coefficient (Wildman–Crippen LogP) is 7.52. The van der Waals surface area contributed by atoms with E-state index in [0.29, 0.717) is 0 Å². The molecule has 2 N–H and O–H groups in total. The fraction of sp³-hybridized carbons (Fsp3) is 0.619. The Morgan fingerprint density at radius 3 is 1.48 bits per heavy atom. The fourth-order valence-electron chi connectivity index (χ4n) is 2.95. The molecule has 27 heavy (non-hydrogen) atoms. The first kappa shape index (κ1) is 24.6. The van der Waals surface area contributed by atoms with E-state index in [0.717, 1.165) is 6.66 Å². The molecule has 154 valence electrons. The van der Waals surface area contributed by atoms with Crippen molar-refractivity contribution in [2.45, 2.75) is 78.1 Å². The SMILES string of the molecule is CCCCCCc1ccsc1-c1sccc1CCCCCC.CP(=O)(O)O. The van der Waals surface area contributed by atoms with Gasteiger partial charge in [-0.15, -0.1) is 22.7 Å². The molecule has 0 aliphatic rings. The summed E-state index contributed by atoms with van der Waals surface area (Å²) in [6.45, 7) is 5.42. The summed E-state index contributed by atoms with van der Waals surface area (Å²) >= 11 is 3.88. The zero-order chi connectivity index (χ0) is 20.1. The van der Waals surface area contributed by atoms with Crippen LogP contribution in [0, 0.1) is 0 Å². The quantitative estimate of drug-likeness (QED) is 0.286. The Kier molecular flexibility index (Phi) is 12.5. The molecule has 0 aromatic carbocycles. The van der Waals surface area contributed by atoms with Gasteiger partial charge in [0.15, 0.2) is 0 Å². The molecule has 0 saturated carbocycles. The third-order valence-corrected chi connectivity index (χ3v) is 6.38. The van der Waals surface area contributed by atoms with Gasteiger partial charge < -0.3 is 9.79 Å². The van der Waals surface area contributed by atoms with E-state index in [-0.39, 0.29) is 0 Å². The van der Waals surface area contributed by atoms with E-state index >= 15 is 0 Å². The second-order valence-corrected chi connectivity index (χ2v) is 10.5. The van der Waals surface area contributed by atoms with E-state index in [1.54, 1.807) is 20.9 Å². The fourth-order valence-corrected chi connectivity index (χ4v) is 5.09. The van der Waals surface area contributed by atoms with Gasteiger partial charge in [-0.1, -0.05) is 52.4 Å². The van der Waals surface area contributed by atoms with Gasteiger partial charge in [0.2, 0.25) is 0 Å². The summed E-state index contributed by atoms with van der Waals surface area (Å²) in [7, 11) is -3.64. The number of hydrogen-bond donors (Lipinski definition) is 2. The monoisotopic (exact) mass is 430 g/mol. The Bertz CT molecular complexity index is 616. The lowest BCUT2D eigenvalue weighted by atomic mass is 10.0. The number of rotatable bonds is 11. The van der Waals surface area contributed by atoms with Crippen LogP contribution in [0.5, 0.6) is 0 Å². The van der Waals surface area contributed by atoms with Crippen molar-refractivity contribution in [2.75, 3.05) is 6.66 Å². The summed E-state index contributed by atoms with van der Waals surface area (Å²) in [6, 6.07) is 4.71. The van der Waals surface area contributed by atoms with Gasteiger partial charge in [-0.25, -0.2) is 0 Å². The molecule has 0 atom stereocenters. The van der Waals surface area contributed by atoms with Gasteiger partial charge in [0, 0.05) is 16.4 Å². The predicted molar refractivity (Wildman–Crippen MR) is 121 cm³/mol. The van der Waals surface area contributed by atoms with Crippen molar-refractivity contribution >= 4 is 30.3 Å². The lowest BCUT2D eigenvalue weighted by Crippen LogP contribution is -1.89. The van der Waals surface area contributed by atoms with Crippen LogP contribution in [0.2, 0.25) is 0 Å². The Morgan fingerprint density at radius 1 is 0.778 bits per heavy atom. The van der Waals surface area contributed by atoms with E-state index in [1.807, 2.05) is 22.7 Å². The van der Waals surface area contributed by atoms with E-state index < -0.39 is 7.60 Å². The number of hydrogen-bond acceptors (Lipinski definition) is 3. The van der Waals surface area contributed by atoms with Crippen LogP contribution in [0.4, 0.5) is 0 Å². The molecule has 2 rings (SSSR count). The van der Waals surface area contributed by atoms with Gasteiger partial charge in [0.1, 0.15) is 0 Å². The van der Waals surface area contributed by atoms with Crippen LogP contribution in [-0.4, -0.2) is 16.5 Å². The first-order valence-electron chi connectivity index (χ1n) is 10.0. The lowest BCUT2D eigenvalue weighted by molar-refractivity contribution is 0.381. The van der Waals surface area contributed by atoms with Gasteiger partial charge in [0.25, 0.3) is 0 Å². The van der Waals surface area contributed by atoms with Crippen LogP contribution in [-0.2, 0) is 17.4 Å². The maximum absolute atomic E-state index is 9.33. The second kappa shape index (κ2) is 13.7. The lowest BCUT2D eigenvalue weighted by Gasteiger charge is -2.06. The summed E-state index contributed by atoms with van der Waals surface area (Å²) in [6.07, 6.45) is 13.3. The van der Waals surface area contributed by atoms with Gasteiger partial charge in [-0.05, 0) is 59.7 Å². The molecule has 0 aliphatic heterocycles. The van der Waals surface area contributed by atoms with Crippen LogP contribution in [0.1, 0.15) is 76.3 Å². The maximum Gasteiger partial charge on any atom is 0.322 e. The third-order valence-electron chi connectivity index (χ3n) is 4.30. The van der Waals surface area contributed by atoms with Crippen LogP contribution in [0.25, 0.3) is 9.75 Å². The maximum atomic E-state index is 9.33. The topological polar surface area (TPSA) is 57.5 Å². The largest absolute Gasteiger partial charge is 0.325 e. The van der Waals surface area contributed by atoms with Crippen molar-refractivity contribution in [3.63, 3.8) is 0 Å². The number of aryl methyl sites for hydroxylation is 2. The molecule has 0 unspecified atom stereocenters. The van der Waals surface area contributed by atoms with Crippen molar-refractivity contribution in [2.24, 2.45) is 0 Å². The summed E-state index contributed by atoms with van der Waals surface area (Å²) in [5.41, 5.74) is 3.16. The number of thiophene rings is 2. The molecule has 2 aromatic heterocycles. The summed E-state index contributed by atoms with van der Waals surface area (Å²) in [5.74, 6) is 0. The molecule has 0 spiro atoms. The highest BCUT2D eigenvalue weighted by atomic mass is 32.1. The smallest absolute Gasteiger partial charge is 0.322 e. The highest BCUT2D eigenvalue weighted by Crippen LogP contribution is 2.37. The van der Waals surface area contributed by atoms with Gasteiger partial charge in [-0.2, -0.15) is 0 Å². The van der Waals surface area contributed by atoms with E-state index in [4.69, 9.17) is 9.79 Å². The molecule has 6 heteroatoms. The molecule has 2 aromatic rings. The zero-order valence-electron chi connectivity index (χ0n) is 16.9. The van der Waals surface area contributed by atoms with Crippen molar-refractivity contribution in [3.8, 4) is 9.75 Å². The second-order valence-electron chi connectivity index (χ2n) is 7.01. The molecular formula is C21H35O3PS2. The van der Waals surface area contributed by atoms with Crippen LogP contribution in [0.15, 0.2) is 22.9 Å². The Morgan fingerprint density at radius 2 is 1.15 bits per heavy atom. The minimum absolute atomic E-state index is 0.854. The van der Waals surface area contributed by atoms with Crippen molar-refractivity contribution in [1.82, 2.24) is 0 Å². The van der Waals surface area contributed by atoms with Gasteiger partial charge >= 0.3 is 7.60 Å². The molecule has 0 radical (unpaired) electrons. The van der Waals surface area contributed by atoms with Crippen molar-refractivity contribution in [1.29, 1.82) is 0 Å². The standard InChI is InChI=1S/C20H30S2.CH5O3P/c1-3-5-7-9-11-17-13-15-21-19(17)20-18(14-16-22-20)12-10-8-6-4-2;1-5(2,3)4/h13-16H,3-12H2,1-2H3;1H3,(H2,2,3,4). The highest BCUT2D eigenvalue weighted by molar-refractivity contribution is 7.50. The normalized spacial score (nSPS) is 11.3. The summed E-state index contributed by atoms with van der Waals surface area (Å²) in [4.78, 5) is 18.4. The van der Waals surface area contributed by atoms with Crippen LogP contribution < -0.4 is 0 Å². The average molecular weight is 431 g/mol. The van der Waals surface area contributed by atoms with Gasteiger partial charge in [0.05, 0.1) is 0 Å². The first-order chi connectivity index (χ1) is 12.9. The molecule has 0 saturated heterocycles. The van der Waals surface area contributed by atoms with Crippen molar-refractivity contribution in [3.05, 3.63) is 34.0 Å². The Hall–Kier alpha value is -0.450. The molecule has 0 bridgehead atoms. The van der Waals surface area contributed by atoms with E-state index in [9.17, 15) is 4.57 Å². The van der Waals surface area contributed by atoms with Crippen LogP contribution in [0.3, 0.4) is 0 Å². The minimum Gasteiger partial charge on any atom is -0.325 e. The van der Waals surface area contributed by atoms with E-state index in [1.165, 1.54) is 64.2 Å². The molecule has 2 heterocycles. The van der Waals surface area contributed by atoms with Crippen LogP contribution >= 0.6 is 30.3 Å². The molecule has 0 amide bonds. The van der Waals surface area contributed by atoms with Gasteiger partial charge in [-0.3, -0.25) is 4.57 Å². The molecule has 0 fully saturated rings. The first-order valence-corrected chi connectivity index (χ1v) is 13.8. The third kappa shape index (κ3) is 11.2. The summed E-state index contributed by atoms with van der Waals surface area (Å²) < 4.78 is 9.33. The average Bonchev–Trinajstić information content (AvgIpc) is 3.22. The van der Waals surface area contributed by atoms with E-state index in [2.05, 4.69) is 36.7 Å². The number of unbranched alkanes of at least 4 members (excludes halogenated alkanes) is 6. The highest BCUT2D eigenvalue weighted by Gasteiger charge is 2.12. The Labute approximate surface area is 173 Å².